The summed E-state index contributed by atoms with van der Waals surface area (Å²) in [5, 5.41) is 11.5. The van der Waals surface area contributed by atoms with Crippen LogP contribution in [-0.4, -0.2) is 68.6 Å². The molecule has 0 radical (unpaired) electrons. The average molecular weight is 276 g/mol. The van der Waals surface area contributed by atoms with Crippen LogP contribution in [0.3, 0.4) is 0 Å². The van der Waals surface area contributed by atoms with Gasteiger partial charge in [-0.05, 0) is 19.8 Å². The number of carboxylic acids is 1. The SMILES string of the molecule is COCCCC(NC(=O)N(C)C(C)COC)C(=O)O. The number of aliphatic carboxylic acids is 1. The summed E-state index contributed by atoms with van der Waals surface area (Å²) < 4.78 is 9.81. The van der Waals surface area contributed by atoms with Gasteiger partial charge in [-0.15, -0.1) is 0 Å². The third kappa shape index (κ3) is 6.97. The molecule has 0 saturated carbocycles. The Morgan fingerprint density at radius 1 is 1.32 bits per heavy atom. The quantitative estimate of drug-likeness (QED) is 0.600. The van der Waals surface area contributed by atoms with Crippen LogP contribution in [0.15, 0.2) is 0 Å². The van der Waals surface area contributed by atoms with E-state index < -0.39 is 18.0 Å². The molecule has 0 spiro atoms. The van der Waals surface area contributed by atoms with Gasteiger partial charge in [0.15, 0.2) is 0 Å². The lowest BCUT2D eigenvalue weighted by Gasteiger charge is -2.26. The zero-order chi connectivity index (χ0) is 14.8. The first-order valence-electron chi connectivity index (χ1n) is 6.18. The van der Waals surface area contributed by atoms with Crippen molar-refractivity contribution in [2.24, 2.45) is 0 Å². The molecule has 112 valence electrons. The van der Waals surface area contributed by atoms with Gasteiger partial charge in [0.25, 0.3) is 0 Å². The van der Waals surface area contributed by atoms with Crippen molar-refractivity contribution in [2.75, 3.05) is 34.5 Å². The first kappa shape index (κ1) is 17.7. The summed E-state index contributed by atoms with van der Waals surface area (Å²) in [5.74, 6) is -1.04. The Morgan fingerprint density at radius 2 is 1.95 bits per heavy atom. The molecule has 19 heavy (non-hydrogen) atoms. The van der Waals surface area contributed by atoms with Crippen molar-refractivity contribution in [1.29, 1.82) is 0 Å². The molecule has 0 aliphatic heterocycles. The van der Waals surface area contributed by atoms with E-state index in [-0.39, 0.29) is 6.04 Å². The molecule has 0 aromatic rings. The van der Waals surface area contributed by atoms with Gasteiger partial charge in [0.2, 0.25) is 0 Å². The second kappa shape index (κ2) is 9.57. The Labute approximate surface area is 113 Å². The topological polar surface area (TPSA) is 88.1 Å². The Kier molecular flexibility index (Phi) is 8.90. The van der Waals surface area contributed by atoms with Crippen molar-refractivity contribution in [3.8, 4) is 0 Å². The van der Waals surface area contributed by atoms with Crippen LogP contribution in [0.25, 0.3) is 0 Å². The number of ether oxygens (including phenoxy) is 2. The van der Waals surface area contributed by atoms with E-state index >= 15 is 0 Å². The van der Waals surface area contributed by atoms with E-state index in [4.69, 9.17) is 14.6 Å². The van der Waals surface area contributed by atoms with Gasteiger partial charge in [-0.2, -0.15) is 0 Å². The van der Waals surface area contributed by atoms with Gasteiger partial charge in [-0.3, -0.25) is 0 Å². The van der Waals surface area contributed by atoms with Crippen LogP contribution < -0.4 is 5.32 Å². The molecule has 7 heteroatoms. The van der Waals surface area contributed by atoms with Gasteiger partial charge in [-0.25, -0.2) is 9.59 Å². The molecule has 0 bridgehead atoms. The van der Waals surface area contributed by atoms with Crippen molar-refractivity contribution >= 4 is 12.0 Å². The smallest absolute Gasteiger partial charge is 0.326 e. The summed E-state index contributed by atoms with van der Waals surface area (Å²) in [7, 11) is 4.70. The fraction of sp³-hybridized carbons (Fsp3) is 0.833. The molecule has 0 saturated heterocycles. The van der Waals surface area contributed by atoms with Gasteiger partial charge >= 0.3 is 12.0 Å². The number of amides is 2. The number of nitrogens with one attached hydrogen (secondary N) is 1. The van der Waals surface area contributed by atoms with Crippen LogP contribution in [0.4, 0.5) is 4.79 Å². The van der Waals surface area contributed by atoms with Crippen molar-refractivity contribution in [1.82, 2.24) is 10.2 Å². The zero-order valence-corrected chi connectivity index (χ0v) is 12.0. The predicted octanol–water partition coefficient (Wildman–Crippen LogP) is 0.543. The molecule has 0 aromatic carbocycles. The minimum atomic E-state index is -1.04. The highest BCUT2D eigenvalue weighted by Gasteiger charge is 2.23. The highest BCUT2D eigenvalue weighted by atomic mass is 16.5. The van der Waals surface area contributed by atoms with Crippen LogP contribution in [0, 0.1) is 0 Å². The molecule has 0 heterocycles. The standard InChI is InChI=1S/C12H24N2O5/c1-9(8-19-4)14(2)12(17)13-10(11(15)16)6-5-7-18-3/h9-10H,5-8H2,1-4H3,(H,13,17)(H,15,16). The summed E-state index contributed by atoms with van der Waals surface area (Å²) in [6.07, 6.45) is 0.909. The largest absolute Gasteiger partial charge is 0.480 e. The van der Waals surface area contributed by atoms with Crippen molar-refractivity contribution in [3.63, 3.8) is 0 Å². The molecule has 0 aliphatic carbocycles. The zero-order valence-electron chi connectivity index (χ0n) is 12.0. The second-order valence-electron chi connectivity index (χ2n) is 4.39. The number of hydrogen-bond acceptors (Lipinski definition) is 4. The van der Waals surface area contributed by atoms with E-state index in [9.17, 15) is 9.59 Å². The number of likely N-dealkylation sites (N-methyl/N-ethyl adjacent to an activating group) is 1. The fourth-order valence-electron chi connectivity index (χ4n) is 1.49. The molecule has 2 unspecified atom stereocenters. The van der Waals surface area contributed by atoms with Crippen LogP contribution in [0.5, 0.6) is 0 Å². The summed E-state index contributed by atoms with van der Waals surface area (Å²) in [6, 6.07) is -1.45. The third-order valence-corrected chi connectivity index (χ3v) is 2.83. The Balaban J connectivity index is 4.33. The molecule has 2 atom stereocenters. The lowest BCUT2D eigenvalue weighted by atomic mass is 10.1. The van der Waals surface area contributed by atoms with E-state index in [1.54, 1.807) is 21.3 Å². The number of methoxy groups -OCH3 is 2. The molecule has 0 rings (SSSR count). The van der Waals surface area contributed by atoms with Gasteiger partial charge < -0.3 is 24.8 Å². The average Bonchev–Trinajstić information content (AvgIpc) is 2.36. The first-order valence-corrected chi connectivity index (χ1v) is 6.18. The highest BCUT2D eigenvalue weighted by Crippen LogP contribution is 2.02. The van der Waals surface area contributed by atoms with Gasteiger partial charge in [0.05, 0.1) is 12.6 Å². The maximum absolute atomic E-state index is 11.9. The van der Waals surface area contributed by atoms with E-state index in [0.29, 0.717) is 26.1 Å². The number of carboxylic acid groups (broad SMARTS) is 1. The summed E-state index contributed by atoms with van der Waals surface area (Å²) in [6.45, 7) is 2.69. The molecule has 0 aromatic heterocycles. The predicted molar refractivity (Wildman–Crippen MR) is 70.2 cm³/mol. The Hall–Kier alpha value is -1.34. The maximum Gasteiger partial charge on any atom is 0.326 e. The number of carbonyl (C=O) groups is 2. The maximum atomic E-state index is 11.9. The van der Waals surface area contributed by atoms with Crippen molar-refractivity contribution in [2.45, 2.75) is 31.8 Å². The summed E-state index contributed by atoms with van der Waals surface area (Å²) in [4.78, 5) is 24.3. The second-order valence-corrected chi connectivity index (χ2v) is 4.39. The van der Waals surface area contributed by atoms with Crippen LogP contribution >= 0.6 is 0 Å². The number of carbonyl (C=O) groups excluding carboxylic acids is 1. The summed E-state index contributed by atoms with van der Waals surface area (Å²) >= 11 is 0. The first-order chi connectivity index (χ1) is 8.93. The van der Waals surface area contributed by atoms with Crippen molar-refractivity contribution in [3.05, 3.63) is 0 Å². The third-order valence-electron chi connectivity index (χ3n) is 2.83. The molecule has 0 fully saturated rings. The lowest BCUT2D eigenvalue weighted by Crippen LogP contribution is -2.50. The van der Waals surface area contributed by atoms with Crippen LogP contribution in [0.1, 0.15) is 19.8 Å². The lowest BCUT2D eigenvalue weighted by molar-refractivity contribution is -0.139. The number of nitrogens with zero attached hydrogens (tertiary/aromatic N) is 1. The molecule has 0 aliphatic rings. The van der Waals surface area contributed by atoms with Crippen molar-refractivity contribution < 1.29 is 24.2 Å². The normalized spacial score (nSPS) is 13.7. The van der Waals surface area contributed by atoms with E-state index in [2.05, 4.69) is 5.32 Å². The Morgan fingerprint density at radius 3 is 2.42 bits per heavy atom. The molecule has 2 amide bonds. The number of rotatable bonds is 9. The molecular formula is C12H24N2O5. The van der Waals surface area contributed by atoms with E-state index in [0.717, 1.165) is 0 Å². The number of hydrogen-bond donors (Lipinski definition) is 2. The molecule has 7 nitrogen and oxygen atoms in total. The number of urea groups is 1. The van der Waals surface area contributed by atoms with Crippen LogP contribution in [0.2, 0.25) is 0 Å². The molecular weight excluding hydrogens is 252 g/mol. The Bertz CT molecular complexity index is 285. The van der Waals surface area contributed by atoms with E-state index in [1.807, 2.05) is 6.92 Å². The van der Waals surface area contributed by atoms with Gasteiger partial charge in [0, 0.05) is 27.9 Å². The fourth-order valence-corrected chi connectivity index (χ4v) is 1.49. The minimum Gasteiger partial charge on any atom is -0.480 e. The van der Waals surface area contributed by atoms with Crippen LogP contribution in [-0.2, 0) is 14.3 Å². The monoisotopic (exact) mass is 276 g/mol. The van der Waals surface area contributed by atoms with E-state index in [1.165, 1.54) is 4.90 Å². The van der Waals surface area contributed by atoms with Gasteiger partial charge in [-0.1, -0.05) is 0 Å². The summed E-state index contributed by atoms with van der Waals surface area (Å²) in [5.41, 5.74) is 0. The highest BCUT2D eigenvalue weighted by molar-refractivity contribution is 5.82. The molecule has 2 N–H and O–H groups in total. The minimum absolute atomic E-state index is 0.126. The van der Waals surface area contributed by atoms with Gasteiger partial charge in [0.1, 0.15) is 6.04 Å².